The quantitative estimate of drug-likeness (QED) is 0.893. The number of ether oxygens (including phenoxy) is 1. The summed E-state index contributed by atoms with van der Waals surface area (Å²) in [5.41, 5.74) is 6.85. The van der Waals surface area contributed by atoms with Crippen LogP contribution >= 0.6 is 11.3 Å². The summed E-state index contributed by atoms with van der Waals surface area (Å²) in [6, 6.07) is -0.259. The van der Waals surface area contributed by atoms with Crippen molar-refractivity contribution in [3.63, 3.8) is 0 Å². The summed E-state index contributed by atoms with van der Waals surface area (Å²) in [5.74, 6) is 0.957. The van der Waals surface area contributed by atoms with Gasteiger partial charge in [0, 0.05) is 25.0 Å². The molecule has 0 spiro atoms. The highest BCUT2D eigenvalue weighted by Crippen LogP contribution is 2.21. The number of rotatable bonds is 4. The molecule has 0 aliphatic carbocycles. The van der Waals surface area contributed by atoms with Crippen molar-refractivity contribution in [1.82, 2.24) is 20.0 Å². The number of thiazole rings is 1. The molecular weight excluding hydrogens is 278 g/mol. The molecule has 2 aromatic rings. The molecule has 0 bridgehead atoms. The minimum Gasteiger partial charge on any atom is -0.379 e. The Morgan fingerprint density at radius 3 is 2.90 bits per heavy atom. The zero-order valence-electron chi connectivity index (χ0n) is 11.3. The molecule has 0 saturated carbocycles. The molecule has 3 heterocycles. The Balaban J connectivity index is 1.66. The van der Waals surface area contributed by atoms with E-state index in [0.717, 1.165) is 31.3 Å². The first-order chi connectivity index (χ1) is 9.72. The number of aryl methyl sites for hydroxylation is 1. The Morgan fingerprint density at radius 2 is 2.20 bits per heavy atom. The van der Waals surface area contributed by atoms with Crippen molar-refractivity contribution in [3.05, 3.63) is 16.2 Å². The second-order valence-corrected chi connectivity index (χ2v) is 5.79. The number of morpholine rings is 1. The molecule has 0 amide bonds. The molecule has 0 radical (unpaired) electrons. The first kappa shape index (κ1) is 13.6. The second kappa shape index (κ2) is 5.96. The van der Waals surface area contributed by atoms with Crippen molar-refractivity contribution < 1.29 is 9.26 Å². The van der Waals surface area contributed by atoms with Gasteiger partial charge in [0.2, 0.25) is 0 Å². The van der Waals surface area contributed by atoms with Crippen LogP contribution in [0.2, 0.25) is 0 Å². The van der Waals surface area contributed by atoms with Gasteiger partial charge in [0.05, 0.1) is 24.3 Å². The van der Waals surface area contributed by atoms with Crippen molar-refractivity contribution in [2.24, 2.45) is 5.73 Å². The Labute approximate surface area is 120 Å². The average Bonchev–Trinajstić information content (AvgIpc) is 3.08. The molecule has 108 valence electrons. The third-order valence-electron chi connectivity index (χ3n) is 3.17. The largest absolute Gasteiger partial charge is 0.379 e. The van der Waals surface area contributed by atoms with Crippen LogP contribution in [0.25, 0.3) is 11.6 Å². The van der Waals surface area contributed by atoms with Crippen molar-refractivity contribution in [2.45, 2.75) is 13.0 Å². The van der Waals surface area contributed by atoms with Gasteiger partial charge in [-0.15, -0.1) is 11.3 Å². The Bertz CT molecular complexity index is 564. The smallest absolute Gasteiger partial charge is 0.277 e. The van der Waals surface area contributed by atoms with E-state index in [1.165, 1.54) is 0 Å². The van der Waals surface area contributed by atoms with E-state index in [9.17, 15) is 0 Å². The summed E-state index contributed by atoms with van der Waals surface area (Å²) >= 11 is 1.55. The maximum absolute atomic E-state index is 6.14. The summed E-state index contributed by atoms with van der Waals surface area (Å²) in [6.07, 6.45) is 0. The van der Waals surface area contributed by atoms with Gasteiger partial charge in [0.15, 0.2) is 5.82 Å². The number of nitrogens with two attached hydrogens (primary N) is 1. The molecule has 2 aromatic heterocycles. The van der Waals surface area contributed by atoms with E-state index in [0.29, 0.717) is 24.0 Å². The van der Waals surface area contributed by atoms with Crippen LogP contribution in [0, 0.1) is 6.92 Å². The van der Waals surface area contributed by atoms with Crippen LogP contribution in [-0.2, 0) is 4.74 Å². The van der Waals surface area contributed by atoms with Gasteiger partial charge < -0.3 is 15.0 Å². The average molecular weight is 295 g/mol. The summed E-state index contributed by atoms with van der Waals surface area (Å²) in [7, 11) is 0. The van der Waals surface area contributed by atoms with Gasteiger partial charge in [0.25, 0.3) is 5.89 Å². The van der Waals surface area contributed by atoms with Crippen molar-refractivity contribution in [3.8, 4) is 11.6 Å². The van der Waals surface area contributed by atoms with E-state index in [2.05, 4.69) is 20.0 Å². The van der Waals surface area contributed by atoms with E-state index in [4.69, 9.17) is 15.0 Å². The number of aromatic nitrogens is 3. The SMILES string of the molecule is Cc1nc(-c2nc(C(N)CN3CCOCC3)no2)cs1. The summed E-state index contributed by atoms with van der Waals surface area (Å²) < 4.78 is 10.5. The summed E-state index contributed by atoms with van der Waals surface area (Å²) in [5, 5.41) is 6.84. The lowest BCUT2D eigenvalue weighted by atomic mass is 10.2. The fraction of sp³-hybridized carbons (Fsp3) is 0.583. The van der Waals surface area contributed by atoms with E-state index in [1.807, 2.05) is 12.3 Å². The molecule has 2 N–H and O–H groups in total. The molecule has 1 unspecified atom stereocenters. The molecule has 1 aliphatic rings. The molecule has 0 aromatic carbocycles. The molecule has 1 atom stereocenters. The van der Waals surface area contributed by atoms with Gasteiger partial charge in [-0.25, -0.2) is 4.98 Å². The minimum atomic E-state index is -0.259. The first-order valence-electron chi connectivity index (χ1n) is 6.54. The van der Waals surface area contributed by atoms with Crippen LogP contribution in [0.15, 0.2) is 9.90 Å². The van der Waals surface area contributed by atoms with E-state index >= 15 is 0 Å². The molecule has 1 aliphatic heterocycles. The highest BCUT2D eigenvalue weighted by atomic mass is 32.1. The fourth-order valence-corrected chi connectivity index (χ4v) is 2.68. The van der Waals surface area contributed by atoms with Crippen LogP contribution in [0.1, 0.15) is 16.9 Å². The standard InChI is InChI=1S/C12H17N5O2S/c1-8-14-10(7-20-8)12-15-11(16-19-12)9(13)6-17-2-4-18-5-3-17/h7,9H,2-6,13H2,1H3. The number of nitrogens with zero attached hydrogens (tertiary/aromatic N) is 4. The zero-order chi connectivity index (χ0) is 13.9. The molecule has 20 heavy (non-hydrogen) atoms. The maximum Gasteiger partial charge on any atom is 0.277 e. The zero-order valence-corrected chi connectivity index (χ0v) is 12.1. The third kappa shape index (κ3) is 3.04. The van der Waals surface area contributed by atoms with Crippen molar-refractivity contribution >= 4 is 11.3 Å². The third-order valence-corrected chi connectivity index (χ3v) is 3.94. The van der Waals surface area contributed by atoms with Crippen LogP contribution in [0.5, 0.6) is 0 Å². The molecule has 3 rings (SSSR count). The molecule has 8 heteroatoms. The van der Waals surface area contributed by atoms with Crippen LogP contribution in [-0.4, -0.2) is 52.9 Å². The Morgan fingerprint density at radius 1 is 1.40 bits per heavy atom. The van der Waals surface area contributed by atoms with Crippen molar-refractivity contribution in [1.29, 1.82) is 0 Å². The van der Waals surface area contributed by atoms with Crippen molar-refractivity contribution in [2.75, 3.05) is 32.8 Å². The fourth-order valence-electron chi connectivity index (χ4n) is 2.09. The van der Waals surface area contributed by atoms with Gasteiger partial charge in [-0.3, -0.25) is 4.90 Å². The van der Waals surface area contributed by atoms with E-state index in [-0.39, 0.29) is 6.04 Å². The first-order valence-corrected chi connectivity index (χ1v) is 7.42. The maximum atomic E-state index is 6.14. The predicted octanol–water partition coefficient (Wildman–Crippen LogP) is 0.834. The van der Waals surface area contributed by atoms with Gasteiger partial charge >= 0.3 is 0 Å². The lowest BCUT2D eigenvalue weighted by Gasteiger charge is -2.27. The molecule has 1 saturated heterocycles. The topological polar surface area (TPSA) is 90.3 Å². The number of hydrogen-bond donors (Lipinski definition) is 1. The van der Waals surface area contributed by atoms with Crippen LogP contribution < -0.4 is 5.73 Å². The lowest BCUT2D eigenvalue weighted by molar-refractivity contribution is 0.0348. The predicted molar refractivity (Wildman–Crippen MR) is 74.3 cm³/mol. The van der Waals surface area contributed by atoms with Gasteiger partial charge in [-0.05, 0) is 6.92 Å². The van der Waals surface area contributed by atoms with E-state index < -0.39 is 0 Å². The lowest BCUT2D eigenvalue weighted by Crippen LogP contribution is -2.40. The highest BCUT2D eigenvalue weighted by molar-refractivity contribution is 7.09. The second-order valence-electron chi connectivity index (χ2n) is 4.73. The molecule has 1 fully saturated rings. The summed E-state index contributed by atoms with van der Waals surface area (Å²) in [6.45, 7) is 5.94. The van der Waals surface area contributed by atoms with E-state index in [1.54, 1.807) is 11.3 Å². The van der Waals surface area contributed by atoms with Crippen LogP contribution in [0.3, 0.4) is 0 Å². The normalized spacial score (nSPS) is 18.3. The minimum absolute atomic E-state index is 0.259. The molecular formula is C12H17N5O2S. The monoisotopic (exact) mass is 295 g/mol. The van der Waals surface area contributed by atoms with Gasteiger partial charge in [0.1, 0.15) is 5.69 Å². The van der Waals surface area contributed by atoms with Gasteiger partial charge in [-0.2, -0.15) is 4.98 Å². The van der Waals surface area contributed by atoms with Crippen LogP contribution in [0.4, 0.5) is 0 Å². The Kier molecular flexibility index (Phi) is 4.06. The number of hydrogen-bond acceptors (Lipinski definition) is 8. The summed E-state index contributed by atoms with van der Waals surface area (Å²) in [4.78, 5) is 10.9. The van der Waals surface area contributed by atoms with Gasteiger partial charge in [-0.1, -0.05) is 5.16 Å². The highest BCUT2D eigenvalue weighted by Gasteiger charge is 2.20. The molecule has 7 nitrogen and oxygen atoms in total. The Hall–Kier alpha value is -1.35.